The number of nitrogen functional groups attached to an aromatic ring is 1. The van der Waals surface area contributed by atoms with E-state index in [1.54, 1.807) is 24.3 Å². The van der Waals surface area contributed by atoms with Crippen LogP contribution >= 0.6 is 11.3 Å². The number of para-hydroxylation sites is 1. The standard InChI is InChI=1S/C31H32FN5O3S/c1-16-12-20(40-19-6-4-3-5-7-19)8-9-21(16)31(35)22-10-11-23(33)27-24(22)25(26(34)29(31)38)28(41-27)30(39)36-18-13-17(32)14-37(2)15-18/h3-12,17-18,26H,13-15,33-35H2,1-2H3,(H,36,39)/t17-,18-,26?,31?/m1/s1. The molecule has 3 aromatic carbocycles. The predicted molar refractivity (Wildman–Crippen MR) is 159 cm³/mol. The maximum atomic E-state index is 14.2. The Kier molecular flexibility index (Phi) is 6.82. The average molecular weight is 574 g/mol. The summed E-state index contributed by atoms with van der Waals surface area (Å²) < 4.78 is 20.8. The third-order valence-electron chi connectivity index (χ3n) is 8.04. The number of carbonyl (C=O) groups excluding carboxylic acids is 2. The molecule has 1 aromatic heterocycles. The highest BCUT2D eigenvalue weighted by atomic mass is 32.1. The second kappa shape index (κ2) is 10.2. The van der Waals surface area contributed by atoms with Gasteiger partial charge >= 0.3 is 0 Å². The highest BCUT2D eigenvalue weighted by Gasteiger charge is 2.49. The second-order valence-electron chi connectivity index (χ2n) is 11.0. The molecule has 2 aliphatic rings. The zero-order valence-corrected chi connectivity index (χ0v) is 23.6. The smallest absolute Gasteiger partial charge is 0.262 e. The van der Waals surface area contributed by atoms with Gasteiger partial charge in [0.25, 0.3) is 5.91 Å². The third kappa shape index (κ3) is 4.57. The number of rotatable bonds is 5. The maximum absolute atomic E-state index is 14.2. The van der Waals surface area contributed by atoms with Crippen molar-refractivity contribution in [3.05, 3.63) is 87.8 Å². The van der Waals surface area contributed by atoms with Crippen molar-refractivity contribution in [2.45, 2.75) is 37.1 Å². The lowest BCUT2D eigenvalue weighted by atomic mass is 9.69. The molecular formula is C31H32FN5O3S. The molecule has 4 atom stereocenters. The van der Waals surface area contributed by atoms with Crippen molar-refractivity contribution in [3.8, 4) is 11.5 Å². The first kappa shape index (κ1) is 27.3. The van der Waals surface area contributed by atoms with Crippen LogP contribution in [0.2, 0.25) is 0 Å². The van der Waals surface area contributed by atoms with Crippen LogP contribution in [-0.2, 0) is 10.3 Å². The molecule has 2 heterocycles. The average Bonchev–Trinajstić information content (AvgIpc) is 3.33. The molecular weight excluding hydrogens is 541 g/mol. The number of nitrogens with two attached hydrogens (primary N) is 3. The molecule has 1 amide bonds. The number of benzene rings is 3. The minimum absolute atomic E-state index is 0.226. The molecule has 0 radical (unpaired) electrons. The number of hydrogen-bond donors (Lipinski definition) is 4. The summed E-state index contributed by atoms with van der Waals surface area (Å²) in [7, 11) is 1.82. The summed E-state index contributed by atoms with van der Waals surface area (Å²) >= 11 is 1.18. The first-order chi connectivity index (χ1) is 19.6. The van der Waals surface area contributed by atoms with Gasteiger partial charge in [-0.15, -0.1) is 11.3 Å². The molecule has 1 saturated heterocycles. The van der Waals surface area contributed by atoms with E-state index in [1.165, 1.54) is 11.3 Å². The van der Waals surface area contributed by atoms with Crippen LogP contribution in [-0.4, -0.2) is 48.9 Å². The fourth-order valence-electron chi connectivity index (χ4n) is 6.20. The van der Waals surface area contributed by atoms with Gasteiger partial charge in [-0.1, -0.05) is 30.3 Å². The van der Waals surface area contributed by atoms with Crippen molar-refractivity contribution in [1.82, 2.24) is 10.2 Å². The van der Waals surface area contributed by atoms with Gasteiger partial charge in [-0.25, -0.2) is 4.39 Å². The van der Waals surface area contributed by atoms with Crippen molar-refractivity contribution in [2.75, 3.05) is 25.9 Å². The summed E-state index contributed by atoms with van der Waals surface area (Å²) in [6, 6.07) is 16.7. The summed E-state index contributed by atoms with van der Waals surface area (Å²) in [5, 5.41) is 3.58. The van der Waals surface area contributed by atoms with Crippen molar-refractivity contribution in [2.24, 2.45) is 11.5 Å². The van der Waals surface area contributed by atoms with Gasteiger partial charge < -0.3 is 32.2 Å². The van der Waals surface area contributed by atoms with Crippen LogP contribution in [0.15, 0.2) is 60.7 Å². The van der Waals surface area contributed by atoms with Crippen molar-refractivity contribution in [1.29, 1.82) is 0 Å². The number of thiophene rings is 1. The van der Waals surface area contributed by atoms with E-state index < -0.39 is 29.4 Å². The molecule has 0 bridgehead atoms. The summed E-state index contributed by atoms with van der Waals surface area (Å²) in [5.74, 6) is 0.471. The van der Waals surface area contributed by atoms with Crippen LogP contribution in [0.3, 0.4) is 0 Å². The Balaban J connectivity index is 1.42. The van der Waals surface area contributed by atoms with Gasteiger partial charge in [-0.05, 0) is 61.0 Å². The summed E-state index contributed by atoms with van der Waals surface area (Å²) in [4.78, 5) is 29.8. The Morgan fingerprint density at radius 2 is 1.83 bits per heavy atom. The number of likely N-dealkylation sites (tertiary alicyclic amines) is 1. The first-order valence-corrected chi connectivity index (χ1v) is 14.3. The molecule has 7 N–H and O–H groups in total. The highest BCUT2D eigenvalue weighted by Crippen LogP contribution is 2.50. The van der Waals surface area contributed by atoms with E-state index in [1.807, 2.05) is 55.3 Å². The van der Waals surface area contributed by atoms with Crippen LogP contribution in [0.1, 0.15) is 44.4 Å². The topological polar surface area (TPSA) is 137 Å². The number of aryl methyl sites for hydroxylation is 1. The SMILES string of the molecule is Cc1cc(Oc2ccccc2)ccc1C1(N)C(=O)C(N)c2c(C(=O)N[C@@H]3C[C@@H](F)CN(C)C3)sc3c(N)ccc1c23. The molecule has 1 aliphatic heterocycles. The number of alkyl halides is 1. The number of likely N-dealkylation sites (N-methyl/N-ethyl adjacent to an activating group) is 1. The maximum Gasteiger partial charge on any atom is 0.262 e. The van der Waals surface area contributed by atoms with Crippen molar-refractivity contribution in [3.63, 3.8) is 0 Å². The van der Waals surface area contributed by atoms with Gasteiger partial charge in [0.2, 0.25) is 0 Å². The van der Waals surface area contributed by atoms with E-state index in [0.29, 0.717) is 61.9 Å². The van der Waals surface area contributed by atoms with Crippen LogP contribution in [0.5, 0.6) is 11.5 Å². The van der Waals surface area contributed by atoms with Crippen LogP contribution in [0.25, 0.3) is 10.1 Å². The van der Waals surface area contributed by atoms with Crippen LogP contribution in [0, 0.1) is 6.92 Å². The Morgan fingerprint density at radius 3 is 2.54 bits per heavy atom. The number of anilines is 1. The van der Waals surface area contributed by atoms with E-state index in [4.69, 9.17) is 21.9 Å². The molecule has 2 unspecified atom stereocenters. The lowest BCUT2D eigenvalue weighted by Gasteiger charge is -2.37. The number of ether oxygens (including phenoxy) is 1. The molecule has 1 aliphatic carbocycles. The molecule has 10 heteroatoms. The molecule has 1 fully saturated rings. The zero-order valence-electron chi connectivity index (χ0n) is 22.8. The molecule has 6 rings (SSSR count). The van der Waals surface area contributed by atoms with E-state index in [0.717, 1.165) is 5.56 Å². The number of Topliss-reactive ketones (excluding diaryl/α,β-unsaturated/α-hetero) is 1. The fraction of sp³-hybridized carbons (Fsp3) is 0.290. The Morgan fingerprint density at radius 1 is 1.10 bits per heavy atom. The minimum Gasteiger partial charge on any atom is -0.457 e. The van der Waals surface area contributed by atoms with Gasteiger partial charge in [-0.2, -0.15) is 0 Å². The molecule has 0 saturated carbocycles. The number of hydrogen-bond acceptors (Lipinski definition) is 8. The lowest BCUT2D eigenvalue weighted by Crippen LogP contribution is -2.53. The number of carbonyl (C=O) groups is 2. The molecule has 41 heavy (non-hydrogen) atoms. The summed E-state index contributed by atoms with van der Waals surface area (Å²) in [6.07, 6.45) is -0.805. The molecule has 0 spiro atoms. The molecule has 4 aromatic rings. The van der Waals surface area contributed by atoms with Gasteiger partial charge in [0, 0.05) is 42.2 Å². The third-order valence-corrected chi connectivity index (χ3v) is 9.29. The van der Waals surface area contributed by atoms with Gasteiger partial charge in [0.1, 0.15) is 23.2 Å². The quantitative estimate of drug-likeness (QED) is 0.264. The normalized spacial score (nSPS) is 24.4. The number of nitrogens with one attached hydrogen (secondary N) is 1. The van der Waals surface area contributed by atoms with E-state index in [2.05, 4.69) is 5.32 Å². The highest BCUT2D eigenvalue weighted by molar-refractivity contribution is 7.21. The van der Waals surface area contributed by atoms with Gasteiger partial charge in [0.05, 0.1) is 15.6 Å². The van der Waals surface area contributed by atoms with Crippen LogP contribution in [0.4, 0.5) is 10.1 Å². The number of amides is 1. The monoisotopic (exact) mass is 573 g/mol. The predicted octanol–water partition coefficient (Wildman–Crippen LogP) is 4.14. The van der Waals surface area contributed by atoms with Crippen LogP contribution < -0.4 is 27.3 Å². The number of nitrogens with zero attached hydrogens (tertiary/aromatic N) is 1. The zero-order chi connectivity index (χ0) is 29.1. The summed E-state index contributed by atoms with van der Waals surface area (Å²) in [6.45, 7) is 2.73. The molecule has 212 valence electrons. The Hall–Kier alpha value is -3.83. The molecule has 8 nitrogen and oxygen atoms in total. The number of halogens is 1. The Labute approximate surface area is 241 Å². The largest absolute Gasteiger partial charge is 0.457 e. The van der Waals surface area contributed by atoms with Gasteiger partial charge in [-0.3, -0.25) is 9.59 Å². The lowest BCUT2D eigenvalue weighted by molar-refractivity contribution is -0.124. The number of ketones is 1. The van der Waals surface area contributed by atoms with Crippen molar-refractivity contribution < 1.29 is 18.7 Å². The summed E-state index contributed by atoms with van der Waals surface area (Å²) in [5.41, 5.74) is 21.2. The Bertz CT molecular complexity index is 1670. The van der Waals surface area contributed by atoms with E-state index >= 15 is 0 Å². The van der Waals surface area contributed by atoms with Gasteiger partial charge in [0.15, 0.2) is 5.78 Å². The van der Waals surface area contributed by atoms with E-state index in [-0.39, 0.29) is 12.5 Å². The fourth-order valence-corrected chi connectivity index (χ4v) is 7.40. The van der Waals surface area contributed by atoms with E-state index in [9.17, 15) is 14.0 Å². The van der Waals surface area contributed by atoms with Crippen molar-refractivity contribution >= 4 is 38.8 Å². The minimum atomic E-state index is -1.57. The first-order valence-electron chi connectivity index (χ1n) is 13.5. The second-order valence-corrected chi connectivity index (χ2v) is 12.0. The number of piperidine rings is 1.